The molecule has 0 bridgehead atoms. The van der Waals surface area contributed by atoms with E-state index >= 15 is 0 Å². The Morgan fingerprint density at radius 3 is 2.68 bits per heavy atom. The Labute approximate surface area is 183 Å². The normalized spacial score (nSPS) is 12.4. The Bertz CT molecular complexity index is 1120. The quantitative estimate of drug-likeness (QED) is 0.609. The Morgan fingerprint density at radius 2 is 1.90 bits per heavy atom. The molecule has 2 aromatic carbocycles. The molecule has 8 heteroatoms. The molecule has 4 rings (SSSR count). The van der Waals surface area contributed by atoms with Crippen LogP contribution in [0.1, 0.15) is 39.3 Å². The first-order chi connectivity index (χ1) is 15.1. The summed E-state index contributed by atoms with van der Waals surface area (Å²) >= 11 is 1.53. The molecule has 2 amide bonds. The Morgan fingerprint density at radius 1 is 1.10 bits per heavy atom. The van der Waals surface area contributed by atoms with Crippen molar-refractivity contribution >= 4 is 34.0 Å². The van der Waals surface area contributed by atoms with Crippen molar-refractivity contribution in [3.05, 3.63) is 70.2 Å². The predicted molar refractivity (Wildman–Crippen MR) is 118 cm³/mol. The SMILES string of the molecule is N#Cc1ccc(NC(=O)COc2cccc(C(=O)Nc3nc4c(s3)CCCC4)c2)cc1. The van der Waals surface area contributed by atoms with Crippen molar-refractivity contribution < 1.29 is 14.3 Å². The number of amides is 2. The number of anilines is 2. The van der Waals surface area contributed by atoms with Crippen LogP contribution in [0.5, 0.6) is 5.75 Å². The molecule has 31 heavy (non-hydrogen) atoms. The second-order valence-electron chi connectivity index (χ2n) is 7.10. The predicted octanol–water partition coefficient (Wildman–Crippen LogP) is 4.16. The Balaban J connectivity index is 1.33. The molecular formula is C23H20N4O3S. The third kappa shape index (κ3) is 5.27. The van der Waals surface area contributed by atoms with Gasteiger partial charge in [0.15, 0.2) is 11.7 Å². The molecule has 0 fully saturated rings. The summed E-state index contributed by atoms with van der Waals surface area (Å²) in [4.78, 5) is 30.5. The fourth-order valence-corrected chi connectivity index (χ4v) is 4.32. The molecule has 0 spiro atoms. The molecule has 0 atom stereocenters. The smallest absolute Gasteiger partial charge is 0.262 e. The molecule has 7 nitrogen and oxygen atoms in total. The van der Waals surface area contributed by atoms with Gasteiger partial charge >= 0.3 is 0 Å². The van der Waals surface area contributed by atoms with Crippen molar-refractivity contribution in [2.24, 2.45) is 0 Å². The van der Waals surface area contributed by atoms with Gasteiger partial charge in [0.25, 0.3) is 11.8 Å². The van der Waals surface area contributed by atoms with E-state index in [1.54, 1.807) is 48.5 Å². The minimum absolute atomic E-state index is 0.204. The van der Waals surface area contributed by atoms with Crippen LogP contribution in [0.2, 0.25) is 0 Å². The molecule has 156 valence electrons. The van der Waals surface area contributed by atoms with E-state index in [4.69, 9.17) is 10.00 Å². The first-order valence-corrected chi connectivity index (χ1v) is 10.8. The van der Waals surface area contributed by atoms with E-state index in [1.165, 1.54) is 22.6 Å². The zero-order chi connectivity index (χ0) is 21.6. The van der Waals surface area contributed by atoms with Crippen LogP contribution in [0, 0.1) is 11.3 Å². The Kier molecular flexibility index (Phi) is 6.24. The first-order valence-electron chi connectivity index (χ1n) is 9.93. The number of benzene rings is 2. The van der Waals surface area contributed by atoms with Gasteiger partial charge in [-0.05, 0) is 68.1 Å². The zero-order valence-corrected chi connectivity index (χ0v) is 17.5. The molecule has 0 unspecified atom stereocenters. The monoisotopic (exact) mass is 432 g/mol. The second kappa shape index (κ2) is 9.41. The molecule has 0 radical (unpaired) electrons. The van der Waals surface area contributed by atoms with Crippen LogP contribution in [-0.4, -0.2) is 23.4 Å². The van der Waals surface area contributed by atoms with Crippen molar-refractivity contribution in [3.8, 4) is 11.8 Å². The number of carbonyl (C=O) groups is 2. The highest BCUT2D eigenvalue weighted by molar-refractivity contribution is 7.15. The number of fused-ring (bicyclic) bond motifs is 1. The summed E-state index contributed by atoms with van der Waals surface area (Å²) in [6.07, 6.45) is 4.30. The molecule has 1 heterocycles. The Hall–Kier alpha value is -3.70. The molecule has 0 aliphatic heterocycles. The highest BCUT2D eigenvalue weighted by atomic mass is 32.1. The number of aryl methyl sites for hydroxylation is 2. The number of thiazole rings is 1. The number of nitrogens with one attached hydrogen (secondary N) is 2. The fraction of sp³-hybridized carbons (Fsp3) is 0.217. The van der Waals surface area contributed by atoms with Crippen LogP contribution < -0.4 is 15.4 Å². The lowest BCUT2D eigenvalue weighted by Gasteiger charge is -2.09. The third-order valence-electron chi connectivity index (χ3n) is 4.83. The van der Waals surface area contributed by atoms with Crippen LogP contribution in [0.15, 0.2) is 48.5 Å². The lowest BCUT2D eigenvalue weighted by atomic mass is 10.0. The van der Waals surface area contributed by atoms with Crippen LogP contribution in [0.25, 0.3) is 0 Å². The van der Waals surface area contributed by atoms with Gasteiger partial charge in [-0.15, -0.1) is 11.3 Å². The summed E-state index contributed by atoms with van der Waals surface area (Å²) in [5, 5.41) is 15.0. The molecule has 1 aromatic heterocycles. The molecule has 2 N–H and O–H groups in total. The third-order valence-corrected chi connectivity index (χ3v) is 5.90. The minimum Gasteiger partial charge on any atom is -0.484 e. The van der Waals surface area contributed by atoms with Crippen molar-refractivity contribution in [1.82, 2.24) is 4.98 Å². The molecule has 1 aliphatic rings. The molecule has 0 saturated heterocycles. The van der Waals surface area contributed by atoms with Gasteiger partial charge in [-0.3, -0.25) is 14.9 Å². The van der Waals surface area contributed by atoms with Crippen LogP contribution >= 0.6 is 11.3 Å². The maximum absolute atomic E-state index is 12.6. The summed E-state index contributed by atoms with van der Waals surface area (Å²) in [6, 6.07) is 15.2. The van der Waals surface area contributed by atoms with Gasteiger partial charge in [-0.25, -0.2) is 4.98 Å². The van der Waals surface area contributed by atoms with E-state index in [1.807, 2.05) is 6.07 Å². The average molecular weight is 433 g/mol. The van der Waals surface area contributed by atoms with E-state index in [9.17, 15) is 9.59 Å². The summed E-state index contributed by atoms with van der Waals surface area (Å²) in [6.45, 7) is -0.204. The topological polar surface area (TPSA) is 104 Å². The number of rotatable bonds is 6. The number of nitrogens with zero attached hydrogens (tertiary/aromatic N) is 2. The maximum atomic E-state index is 12.6. The van der Waals surface area contributed by atoms with Crippen molar-refractivity contribution in [2.45, 2.75) is 25.7 Å². The van der Waals surface area contributed by atoms with E-state index in [0.717, 1.165) is 25.0 Å². The summed E-state index contributed by atoms with van der Waals surface area (Å²) in [5.41, 5.74) is 2.62. The van der Waals surface area contributed by atoms with Gasteiger partial charge in [0.2, 0.25) is 0 Å². The van der Waals surface area contributed by atoms with E-state index in [-0.39, 0.29) is 18.4 Å². The van der Waals surface area contributed by atoms with Crippen molar-refractivity contribution in [1.29, 1.82) is 5.26 Å². The minimum atomic E-state index is -0.340. The number of nitriles is 1. The number of ether oxygens (including phenoxy) is 1. The van der Waals surface area contributed by atoms with Gasteiger partial charge < -0.3 is 10.1 Å². The van der Waals surface area contributed by atoms with Crippen LogP contribution in [0.4, 0.5) is 10.8 Å². The fourth-order valence-electron chi connectivity index (χ4n) is 3.28. The van der Waals surface area contributed by atoms with Crippen LogP contribution in [0.3, 0.4) is 0 Å². The van der Waals surface area contributed by atoms with E-state index < -0.39 is 0 Å². The number of aromatic nitrogens is 1. The lowest BCUT2D eigenvalue weighted by molar-refractivity contribution is -0.118. The van der Waals surface area contributed by atoms with Gasteiger partial charge in [-0.2, -0.15) is 5.26 Å². The first kappa shape index (κ1) is 20.6. The molecular weight excluding hydrogens is 412 g/mol. The lowest BCUT2D eigenvalue weighted by Crippen LogP contribution is -2.20. The number of hydrogen-bond acceptors (Lipinski definition) is 6. The molecule has 3 aromatic rings. The maximum Gasteiger partial charge on any atom is 0.262 e. The average Bonchev–Trinajstić information content (AvgIpc) is 3.20. The van der Waals surface area contributed by atoms with Crippen molar-refractivity contribution in [2.75, 3.05) is 17.2 Å². The molecule has 1 aliphatic carbocycles. The summed E-state index contributed by atoms with van der Waals surface area (Å²) in [7, 11) is 0. The second-order valence-corrected chi connectivity index (χ2v) is 8.19. The number of hydrogen-bond donors (Lipinski definition) is 2. The van der Waals surface area contributed by atoms with E-state index in [0.29, 0.717) is 27.7 Å². The summed E-state index contributed by atoms with van der Waals surface area (Å²) < 4.78 is 5.53. The van der Waals surface area contributed by atoms with E-state index in [2.05, 4.69) is 15.6 Å². The van der Waals surface area contributed by atoms with Gasteiger partial charge in [0.1, 0.15) is 5.75 Å². The van der Waals surface area contributed by atoms with Crippen LogP contribution in [-0.2, 0) is 17.6 Å². The highest BCUT2D eigenvalue weighted by Crippen LogP contribution is 2.30. The summed E-state index contributed by atoms with van der Waals surface area (Å²) in [5.74, 6) is -0.187. The largest absolute Gasteiger partial charge is 0.484 e. The van der Waals surface area contributed by atoms with Gasteiger partial charge in [-0.1, -0.05) is 6.07 Å². The standard InChI is InChI=1S/C23H20N4O3S/c24-13-15-8-10-17(11-9-15)25-21(28)14-30-18-5-3-4-16(12-18)22(29)27-23-26-19-6-1-2-7-20(19)31-23/h3-5,8-12H,1-2,6-7,14H2,(H,25,28)(H,26,27,29). The van der Waals surface area contributed by atoms with Gasteiger partial charge in [0.05, 0.1) is 17.3 Å². The van der Waals surface area contributed by atoms with Gasteiger partial charge in [0, 0.05) is 16.1 Å². The molecule has 0 saturated carbocycles. The van der Waals surface area contributed by atoms with Crippen molar-refractivity contribution in [3.63, 3.8) is 0 Å². The highest BCUT2D eigenvalue weighted by Gasteiger charge is 2.17. The zero-order valence-electron chi connectivity index (χ0n) is 16.7. The number of carbonyl (C=O) groups excluding carboxylic acids is 2.